The van der Waals surface area contributed by atoms with Gasteiger partial charge in [0.05, 0.1) is 31.5 Å². The van der Waals surface area contributed by atoms with Crippen LogP contribution in [0, 0.1) is 6.92 Å². The van der Waals surface area contributed by atoms with Gasteiger partial charge in [0.15, 0.2) is 0 Å². The van der Waals surface area contributed by atoms with Gasteiger partial charge >= 0.3 is 19.2 Å². The van der Waals surface area contributed by atoms with E-state index in [0.717, 1.165) is 4.57 Å². The molecule has 2 saturated heterocycles. The van der Waals surface area contributed by atoms with Crippen LogP contribution in [0.2, 0.25) is 0 Å². The number of ether oxygens (including phenoxy) is 2. The predicted octanol–water partition coefficient (Wildman–Crippen LogP) is 0.462. The first-order valence-corrected chi connectivity index (χ1v) is 12.7. The second-order valence-corrected chi connectivity index (χ2v) is 9.96. The Bertz CT molecular complexity index is 1420. The fraction of sp³-hybridized carbons (Fsp3) is 0.579. The summed E-state index contributed by atoms with van der Waals surface area (Å²) >= 11 is 0. The molecular weight excluding hydrogens is 515 g/mol. The van der Waals surface area contributed by atoms with Crippen LogP contribution in [-0.4, -0.2) is 55.5 Å². The van der Waals surface area contributed by atoms with E-state index in [2.05, 4.69) is 20.0 Å². The fourth-order valence-electron chi connectivity index (χ4n) is 4.07. The summed E-state index contributed by atoms with van der Waals surface area (Å²) in [5, 5.41) is 3.63. The van der Waals surface area contributed by atoms with Gasteiger partial charge in [0.1, 0.15) is 18.3 Å². The SMILES string of the molecule is Cc1cn(C2CC(N=[N+]=[N-])C(COP(=O)(O)OCC3CCC(n4ccc(N)nc4=O)O3)O2)c(=O)[nH]c1=O. The van der Waals surface area contributed by atoms with Crippen molar-refractivity contribution in [1.82, 2.24) is 19.1 Å². The second-order valence-electron chi connectivity index (χ2n) is 8.51. The lowest BCUT2D eigenvalue weighted by atomic mass is 10.1. The molecule has 0 saturated carbocycles. The highest BCUT2D eigenvalue weighted by molar-refractivity contribution is 7.47. The summed E-state index contributed by atoms with van der Waals surface area (Å²) < 4.78 is 36.4. The second kappa shape index (κ2) is 11.0. The summed E-state index contributed by atoms with van der Waals surface area (Å²) in [5.41, 5.74) is 12.8. The molecule has 2 aliphatic heterocycles. The lowest BCUT2D eigenvalue weighted by Crippen LogP contribution is -2.33. The molecule has 200 valence electrons. The van der Waals surface area contributed by atoms with E-state index in [-0.39, 0.29) is 24.4 Å². The van der Waals surface area contributed by atoms with Gasteiger partial charge in [-0.25, -0.2) is 14.2 Å². The number of azide groups is 1. The maximum Gasteiger partial charge on any atom is 0.472 e. The van der Waals surface area contributed by atoms with Crippen molar-refractivity contribution in [1.29, 1.82) is 0 Å². The number of rotatable bonds is 9. The molecule has 2 aliphatic rings. The monoisotopic (exact) mass is 540 g/mol. The van der Waals surface area contributed by atoms with Crippen LogP contribution in [-0.2, 0) is 23.1 Å². The van der Waals surface area contributed by atoms with Crippen molar-refractivity contribution in [2.24, 2.45) is 5.11 Å². The number of hydrogen-bond acceptors (Lipinski definition) is 11. The Morgan fingerprint density at radius 3 is 2.76 bits per heavy atom. The van der Waals surface area contributed by atoms with Crippen LogP contribution in [0.3, 0.4) is 0 Å². The van der Waals surface area contributed by atoms with Gasteiger partial charge in [-0.15, -0.1) is 0 Å². The average molecular weight is 540 g/mol. The Hall–Kier alpha value is -3.30. The molecular formula is C19H25N8O9P. The van der Waals surface area contributed by atoms with Gasteiger partial charge < -0.3 is 20.1 Å². The third kappa shape index (κ3) is 6.34. The number of anilines is 1. The minimum atomic E-state index is -4.57. The minimum Gasteiger partial charge on any atom is -0.383 e. The molecule has 2 aromatic heterocycles. The molecule has 0 spiro atoms. The molecule has 2 aromatic rings. The zero-order valence-electron chi connectivity index (χ0n) is 19.6. The summed E-state index contributed by atoms with van der Waals surface area (Å²) in [6.07, 6.45) is 0.644. The van der Waals surface area contributed by atoms with Gasteiger partial charge in [0.2, 0.25) is 0 Å². The lowest BCUT2D eigenvalue weighted by molar-refractivity contribution is -0.0388. The Morgan fingerprint density at radius 1 is 1.27 bits per heavy atom. The Kier molecular flexibility index (Phi) is 7.94. The van der Waals surface area contributed by atoms with E-state index in [1.807, 2.05) is 0 Å². The number of aromatic amines is 1. The summed E-state index contributed by atoms with van der Waals surface area (Å²) in [5.74, 6) is 0.0821. The number of phosphoric acid groups is 1. The standard InChI is InChI=1S/C19H25N8O9P/c1-10-7-27(19(30)23-17(10)28)16-6-12(24-25-21)13(36-16)9-34-37(31,32)33-8-11-2-3-15(35-11)26-5-4-14(20)22-18(26)29/h4-5,7,11-13,15-16H,2-3,6,8-9H2,1H3,(H,31,32)(H2,20,22,29)(H,23,28,30). The maximum absolute atomic E-state index is 12.4. The fourth-order valence-corrected chi connectivity index (χ4v) is 4.83. The zero-order chi connectivity index (χ0) is 26.7. The van der Waals surface area contributed by atoms with Crippen LogP contribution in [0.15, 0.2) is 38.0 Å². The van der Waals surface area contributed by atoms with Gasteiger partial charge in [-0.1, -0.05) is 5.11 Å². The number of aryl methyl sites for hydroxylation is 1. The number of nitrogens with two attached hydrogens (primary N) is 1. The number of nitrogen functional groups attached to an aromatic ring is 1. The Labute approximate surface area is 208 Å². The van der Waals surface area contributed by atoms with Gasteiger partial charge in [-0.05, 0) is 31.4 Å². The zero-order valence-corrected chi connectivity index (χ0v) is 20.5. The van der Waals surface area contributed by atoms with E-state index >= 15 is 0 Å². The van der Waals surface area contributed by atoms with Gasteiger partial charge in [-0.2, -0.15) is 4.98 Å². The molecule has 2 fully saturated rings. The molecule has 0 aromatic carbocycles. The largest absolute Gasteiger partial charge is 0.472 e. The highest BCUT2D eigenvalue weighted by Gasteiger charge is 2.39. The lowest BCUT2D eigenvalue weighted by Gasteiger charge is -2.20. The molecule has 0 aliphatic carbocycles. The molecule has 0 radical (unpaired) electrons. The third-order valence-electron chi connectivity index (χ3n) is 5.93. The van der Waals surface area contributed by atoms with E-state index in [9.17, 15) is 23.8 Å². The summed E-state index contributed by atoms with van der Waals surface area (Å²) in [6, 6.07) is 0.637. The van der Waals surface area contributed by atoms with Crippen LogP contribution in [0.4, 0.5) is 5.82 Å². The molecule has 4 rings (SSSR count). The summed E-state index contributed by atoms with van der Waals surface area (Å²) in [4.78, 5) is 54.5. The van der Waals surface area contributed by atoms with Crippen molar-refractivity contribution < 1.29 is 28.0 Å². The number of aromatic nitrogens is 4. The minimum absolute atomic E-state index is 0.0662. The predicted molar refractivity (Wildman–Crippen MR) is 125 cm³/mol. The first-order chi connectivity index (χ1) is 17.6. The number of nitrogens with zero attached hydrogens (tertiary/aromatic N) is 6. The Balaban J connectivity index is 1.32. The molecule has 18 heteroatoms. The van der Waals surface area contributed by atoms with Gasteiger partial charge in [0, 0.05) is 29.3 Å². The van der Waals surface area contributed by atoms with Crippen LogP contribution >= 0.6 is 7.82 Å². The number of H-pyrrole nitrogens is 1. The number of phosphoric ester groups is 1. The topological polar surface area (TPSA) is 239 Å². The van der Waals surface area contributed by atoms with Crippen molar-refractivity contribution in [3.05, 3.63) is 65.8 Å². The summed E-state index contributed by atoms with van der Waals surface area (Å²) in [7, 11) is -4.57. The molecule has 0 amide bonds. The molecule has 0 bridgehead atoms. The van der Waals surface area contributed by atoms with E-state index in [4.69, 9.17) is 29.8 Å². The average Bonchev–Trinajstić information content (AvgIpc) is 3.46. The summed E-state index contributed by atoms with van der Waals surface area (Å²) in [6.45, 7) is 0.739. The molecule has 4 heterocycles. The third-order valence-corrected chi connectivity index (χ3v) is 6.88. The van der Waals surface area contributed by atoms with E-state index < -0.39 is 62.1 Å². The first kappa shape index (κ1) is 26.8. The van der Waals surface area contributed by atoms with E-state index in [0.29, 0.717) is 12.8 Å². The van der Waals surface area contributed by atoms with Crippen molar-refractivity contribution in [3.63, 3.8) is 0 Å². The van der Waals surface area contributed by atoms with Crippen molar-refractivity contribution in [3.8, 4) is 0 Å². The van der Waals surface area contributed by atoms with E-state index in [1.54, 1.807) is 0 Å². The number of hydrogen-bond donors (Lipinski definition) is 3. The smallest absolute Gasteiger partial charge is 0.383 e. The molecule has 4 N–H and O–H groups in total. The quantitative estimate of drug-likeness (QED) is 0.171. The highest BCUT2D eigenvalue weighted by atomic mass is 31.2. The van der Waals surface area contributed by atoms with E-state index in [1.165, 1.54) is 30.0 Å². The van der Waals surface area contributed by atoms with Crippen LogP contribution in [0.5, 0.6) is 0 Å². The number of nitrogens with one attached hydrogen (secondary N) is 1. The highest BCUT2D eigenvalue weighted by Crippen LogP contribution is 2.45. The van der Waals surface area contributed by atoms with Gasteiger partial charge in [0.25, 0.3) is 5.56 Å². The van der Waals surface area contributed by atoms with Crippen molar-refractivity contribution in [2.75, 3.05) is 18.9 Å². The normalized spacial score (nSPS) is 27.0. The molecule has 6 unspecified atom stereocenters. The Morgan fingerprint density at radius 2 is 2.03 bits per heavy atom. The van der Waals surface area contributed by atoms with Crippen molar-refractivity contribution in [2.45, 2.75) is 56.9 Å². The molecule has 17 nitrogen and oxygen atoms in total. The van der Waals surface area contributed by atoms with Crippen molar-refractivity contribution >= 4 is 13.6 Å². The first-order valence-electron chi connectivity index (χ1n) is 11.2. The molecule has 37 heavy (non-hydrogen) atoms. The van der Waals surface area contributed by atoms with Gasteiger partial charge in [-0.3, -0.25) is 28.0 Å². The molecule has 6 atom stereocenters. The van der Waals surface area contributed by atoms with Crippen LogP contribution < -0.4 is 22.7 Å². The van der Waals surface area contributed by atoms with Crippen LogP contribution in [0.1, 0.15) is 37.3 Å². The van der Waals surface area contributed by atoms with Crippen LogP contribution in [0.25, 0.3) is 10.4 Å². The maximum atomic E-state index is 12.4.